The third-order valence-electron chi connectivity index (χ3n) is 3.14. The molecule has 0 atom stereocenters. The third kappa shape index (κ3) is 1.90. The van der Waals surface area contributed by atoms with E-state index in [9.17, 15) is 0 Å². The molecule has 0 spiro atoms. The van der Waals surface area contributed by atoms with Crippen molar-refractivity contribution >= 4 is 39.7 Å². The van der Waals surface area contributed by atoms with Crippen molar-refractivity contribution in [2.24, 2.45) is 0 Å². The molecule has 98 valence electrons. The van der Waals surface area contributed by atoms with E-state index in [-0.39, 0.29) is 0 Å². The summed E-state index contributed by atoms with van der Waals surface area (Å²) in [5.41, 5.74) is 8.80. The number of nitrogens with two attached hydrogens (primary N) is 1. The first-order valence-corrected chi connectivity index (χ1v) is 6.64. The van der Waals surface area contributed by atoms with Crippen LogP contribution in [0.15, 0.2) is 18.3 Å². The Morgan fingerprint density at radius 1 is 1.32 bits per heavy atom. The normalized spacial score (nSPS) is 11.5. The van der Waals surface area contributed by atoms with Crippen LogP contribution < -0.4 is 5.73 Å². The lowest BCUT2D eigenvalue weighted by atomic mass is 10.2. The summed E-state index contributed by atoms with van der Waals surface area (Å²) in [7, 11) is 0. The molecule has 3 aromatic heterocycles. The van der Waals surface area contributed by atoms with E-state index >= 15 is 0 Å². The predicted molar refractivity (Wildman–Crippen MR) is 77.1 cm³/mol. The summed E-state index contributed by atoms with van der Waals surface area (Å²) in [4.78, 5) is 13.2. The van der Waals surface area contributed by atoms with E-state index in [0.29, 0.717) is 11.3 Å². The van der Waals surface area contributed by atoms with E-state index in [2.05, 4.69) is 21.9 Å². The van der Waals surface area contributed by atoms with Gasteiger partial charge in [0.15, 0.2) is 5.82 Å². The first kappa shape index (κ1) is 12.2. The molecule has 0 fully saturated rings. The van der Waals surface area contributed by atoms with Crippen molar-refractivity contribution in [3.8, 4) is 0 Å². The number of nitrogens with zero attached hydrogens (tertiary/aromatic N) is 4. The SMILES string of the molecule is CCCCc1nc2c(N)nc3cccnc3c2n1Cl. The molecule has 3 aromatic rings. The molecule has 0 saturated heterocycles. The molecule has 0 aromatic carbocycles. The third-order valence-corrected chi connectivity index (χ3v) is 3.50. The van der Waals surface area contributed by atoms with E-state index in [1.165, 1.54) is 0 Å². The van der Waals surface area contributed by atoms with Crippen LogP contribution in [0.3, 0.4) is 0 Å². The topological polar surface area (TPSA) is 69.6 Å². The summed E-state index contributed by atoms with van der Waals surface area (Å²) in [6, 6.07) is 3.70. The van der Waals surface area contributed by atoms with Crippen molar-refractivity contribution in [1.82, 2.24) is 19.0 Å². The Morgan fingerprint density at radius 2 is 2.16 bits per heavy atom. The molecule has 19 heavy (non-hydrogen) atoms. The summed E-state index contributed by atoms with van der Waals surface area (Å²) in [5.74, 6) is 1.21. The predicted octanol–water partition coefficient (Wildman–Crippen LogP) is 2.91. The van der Waals surface area contributed by atoms with Gasteiger partial charge in [-0.2, -0.15) is 0 Å². The Morgan fingerprint density at radius 3 is 2.95 bits per heavy atom. The molecule has 0 saturated carbocycles. The van der Waals surface area contributed by atoms with Crippen molar-refractivity contribution in [3.63, 3.8) is 0 Å². The van der Waals surface area contributed by atoms with Crippen LogP contribution >= 0.6 is 11.8 Å². The number of hydrogen-bond donors (Lipinski definition) is 1. The summed E-state index contributed by atoms with van der Waals surface area (Å²) < 4.78 is 1.57. The molecule has 0 aliphatic heterocycles. The molecule has 0 aliphatic carbocycles. The van der Waals surface area contributed by atoms with Gasteiger partial charge in [-0.05, 0) is 18.6 Å². The van der Waals surface area contributed by atoms with Crippen molar-refractivity contribution in [1.29, 1.82) is 0 Å². The molecule has 6 heteroatoms. The molecule has 0 bridgehead atoms. The number of nitrogen functional groups attached to an aromatic ring is 1. The van der Waals surface area contributed by atoms with Gasteiger partial charge in [0, 0.05) is 24.4 Å². The minimum absolute atomic E-state index is 0.396. The van der Waals surface area contributed by atoms with Gasteiger partial charge in [0.25, 0.3) is 0 Å². The number of rotatable bonds is 3. The van der Waals surface area contributed by atoms with E-state index in [4.69, 9.17) is 17.5 Å². The zero-order chi connectivity index (χ0) is 13.4. The molecule has 0 amide bonds. The van der Waals surface area contributed by atoms with E-state index in [1.54, 1.807) is 10.3 Å². The number of aryl methyl sites for hydroxylation is 1. The summed E-state index contributed by atoms with van der Waals surface area (Å²) >= 11 is 6.37. The van der Waals surface area contributed by atoms with Crippen LogP contribution in [0.5, 0.6) is 0 Å². The lowest BCUT2D eigenvalue weighted by molar-refractivity contribution is 0.757. The van der Waals surface area contributed by atoms with Gasteiger partial charge in [-0.1, -0.05) is 13.3 Å². The van der Waals surface area contributed by atoms with Gasteiger partial charge < -0.3 is 5.73 Å². The highest BCUT2D eigenvalue weighted by atomic mass is 35.5. The van der Waals surface area contributed by atoms with E-state index in [0.717, 1.165) is 41.6 Å². The molecule has 0 aliphatic rings. The van der Waals surface area contributed by atoms with E-state index < -0.39 is 0 Å². The van der Waals surface area contributed by atoms with Crippen molar-refractivity contribution < 1.29 is 0 Å². The van der Waals surface area contributed by atoms with Crippen molar-refractivity contribution in [2.45, 2.75) is 26.2 Å². The second-order valence-electron chi connectivity index (χ2n) is 4.48. The Kier molecular flexibility index (Phi) is 2.98. The number of fused-ring (bicyclic) bond motifs is 3. The summed E-state index contributed by atoms with van der Waals surface area (Å²) in [5, 5.41) is 0. The second kappa shape index (κ2) is 4.66. The number of imidazole rings is 1. The summed E-state index contributed by atoms with van der Waals surface area (Å²) in [6.07, 6.45) is 4.67. The average molecular weight is 276 g/mol. The van der Waals surface area contributed by atoms with Gasteiger partial charge in [0.2, 0.25) is 0 Å². The fourth-order valence-corrected chi connectivity index (χ4v) is 2.46. The first-order valence-electron chi connectivity index (χ1n) is 6.30. The highest BCUT2D eigenvalue weighted by Crippen LogP contribution is 2.28. The summed E-state index contributed by atoms with van der Waals surface area (Å²) in [6.45, 7) is 2.13. The van der Waals surface area contributed by atoms with Crippen LogP contribution in [0.4, 0.5) is 5.82 Å². The zero-order valence-electron chi connectivity index (χ0n) is 10.6. The van der Waals surface area contributed by atoms with Crippen LogP contribution in [0, 0.1) is 0 Å². The van der Waals surface area contributed by atoms with Crippen molar-refractivity contribution in [3.05, 3.63) is 24.2 Å². The second-order valence-corrected chi connectivity index (χ2v) is 4.82. The van der Waals surface area contributed by atoms with Gasteiger partial charge in [0.1, 0.15) is 22.4 Å². The van der Waals surface area contributed by atoms with Gasteiger partial charge in [0.05, 0.1) is 5.52 Å². The number of halogens is 1. The fourth-order valence-electron chi connectivity index (χ4n) is 2.17. The molecule has 0 unspecified atom stereocenters. The Bertz CT molecular complexity index is 749. The smallest absolute Gasteiger partial charge is 0.152 e. The number of hydrogen-bond acceptors (Lipinski definition) is 4. The minimum atomic E-state index is 0.396. The maximum absolute atomic E-state index is 6.37. The highest BCUT2D eigenvalue weighted by molar-refractivity contribution is 6.22. The van der Waals surface area contributed by atoms with Gasteiger partial charge in [-0.15, -0.1) is 0 Å². The molecule has 0 radical (unpaired) electrons. The number of aromatic nitrogens is 4. The van der Waals surface area contributed by atoms with E-state index in [1.807, 2.05) is 12.1 Å². The molecular formula is C13H14ClN5. The van der Waals surface area contributed by atoms with Crippen LogP contribution in [0.25, 0.3) is 22.1 Å². The minimum Gasteiger partial charge on any atom is -0.382 e. The van der Waals surface area contributed by atoms with Crippen LogP contribution in [-0.2, 0) is 6.42 Å². The van der Waals surface area contributed by atoms with Crippen LogP contribution in [0.2, 0.25) is 0 Å². The number of unbranched alkanes of at least 4 members (excludes halogenated alkanes) is 1. The highest BCUT2D eigenvalue weighted by Gasteiger charge is 2.16. The Hall–Kier alpha value is -1.88. The quantitative estimate of drug-likeness (QED) is 0.798. The number of pyridine rings is 2. The van der Waals surface area contributed by atoms with Gasteiger partial charge >= 0.3 is 0 Å². The monoisotopic (exact) mass is 275 g/mol. The van der Waals surface area contributed by atoms with Crippen molar-refractivity contribution in [2.75, 3.05) is 5.73 Å². The zero-order valence-corrected chi connectivity index (χ0v) is 11.4. The van der Waals surface area contributed by atoms with Gasteiger partial charge in [-0.3, -0.25) is 4.98 Å². The molecule has 2 N–H and O–H groups in total. The first-order chi connectivity index (χ1) is 9.22. The fraction of sp³-hybridized carbons (Fsp3) is 0.308. The number of anilines is 1. The molecular weight excluding hydrogens is 262 g/mol. The standard InChI is InChI=1S/C13H14ClN5/c1-2-3-6-9-18-11-12(19(9)14)10-8(17-13(11)15)5-4-7-16-10/h4-5,7H,2-3,6H2,1H3,(H2,15,17). The average Bonchev–Trinajstić information content (AvgIpc) is 2.75. The van der Waals surface area contributed by atoms with Gasteiger partial charge in [-0.25, -0.2) is 14.1 Å². The largest absolute Gasteiger partial charge is 0.382 e. The molecule has 3 rings (SSSR count). The Balaban J connectivity index is 2.33. The lowest BCUT2D eigenvalue weighted by Crippen LogP contribution is -1.95. The van der Waals surface area contributed by atoms with Crippen LogP contribution in [-0.4, -0.2) is 19.0 Å². The maximum atomic E-state index is 6.37. The Labute approximate surface area is 115 Å². The molecule has 5 nitrogen and oxygen atoms in total. The van der Waals surface area contributed by atoms with Crippen LogP contribution in [0.1, 0.15) is 25.6 Å². The maximum Gasteiger partial charge on any atom is 0.152 e. The molecule has 3 heterocycles. The lowest BCUT2D eigenvalue weighted by Gasteiger charge is -2.01.